The molecule has 0 N–H and O–H groups in total. The molecule has 3 nitrogen and oxygen atoms in total. The van der Waals surface area contributed by atoms with E-state index in [0.29, 0.717) is 12.2 Å². The Morgan fingerprint density at radius 2 is 1.83 bits per heavy atom. The fourth-order valence-corrected chi connectivity index (χ4v) is 3.85. The highest BCUT2D eigenvalue weighted by Gasteiger charge is 2.14. The van der Waals surface area contributed by atoms with Gasteiger partial charge >= 0.3 is 0 Å². The Bertz CT molecular complexity index is 668. The zero-order valence-corrected chi connectivity index (χ0v) is 15.0. The lowest BCUT2D eigenvalue weighted by Gasteiger charge is -2.26. The molecule has 1 aliphatic heterocycles. The summed E-state index contributed by atoms with van der Waals surface area (Å²) >= 11 is 0. The number of carbonyl (C=O) groups excluding carboxylic acids is 1. The van der Waals surface area contributed by atoms with Gasteiger partial charge in [0.15, 0.2) is 5.78 Å². The van der Waals surface area contributed by atoms with E-state index in [1.807, 2.05) is 18.3 Å². The van der Waals surface area contributed by atoms with E-state index >= 15 is 0 Å². The average molecular weight is 326 g/mol. The Labute approximate surface area is 145 Å². The van der Waals surface area contributed by atoms with Crippen LogP contribution in [-0.2, 0) is 6.54 Å². The summed E-state index contributed by atoms with van der Waals surface area (Å²) in [6.07, 6.45) is 10.2. The number of Topliss-reactive ketones (excluding diaryl/α,β-unsaturated/α-hetero) is 1. The van der Waals surface area contributed by atoms with Gasteiger partial charge in [0.1, 0.15) is 0 Å². The van der Waals surface area contributed by atoms with Crippen LogP contribution in [0, 0.1) is 0 Å². The first-order valence-corrected chi connectivity index (χ1v) is 9.63. The van der Waals surface area contributed by atoms with Crippen LogP contribution in [0.4, 0.5) is 0 Å². The number of unbranched alkanes of at least 4 members (excludes halogenated alkanes) is 2. The highest BCUT2D eigenvalue weighted by atomic mass is 16.1. The Kier molecular flexibility index (Phi) is 6.08. The monoisotopic (exact) mass is 326 g/mol. The Morgan fingerprint density at radius 3 is 2.62 bits per heavy atom. The molecule has 3 heteroatoms. The highest BCUT2D eigenvalue weighted by Crippen LogP contribution is 2.23. The van der Waals surface area contributed by atoms with Crippen molar-refractivity contribution in [1.29, 1.82) is 0 Å². The summed E-state index contributed by atoms with van der Waals surface area (Å²) in [5.74, 6) is 0.302. The molecule has 1 aromatic carbocycles. The number of aromatic nitrogens is 1. The number of hydrogen-bond acceptors (Lipinski definition) is 2. The molecule has 0 saturated carbocycles. The van der Waals surface area contributed by atoms with Gasteiger partial charge in [-0.15, -0.1) is 0 Å². The first kappa shape index (κ1) is 17.2. The molecule has 0 amide bonds. The van der Waals surface area contributed by atoms with Crippen molar-refractivity contribution in [1.82, 2.24) is 9.47 Å². The smallest absolute Gasteiger partial charge is 0.165 e. The fourth-order valence-electron chi connectivity index (χ4n) is 3.85. The van der Waals surface area contributed by atoms with Gasteiger partial charge in [-0.05, 0) is 58.3 Å². The molecule has 1 saturated heterocycles. The minimum Gasteiger partial charge on any atom is -0.347 e. The summed E-state index contributed by atoms with van der Waals surface area (Å²) in [7, 11) is 0. The first-order chi connectivity index (χ1) is 11.8. The number of ketones is 1. The normalized spacial score (nSPS) is 15.9. The number of rotatable bonds is 8. The second-order valence-corrected chi connectivity index (χ2v) is 6.98. The van der Waals surface area contributed by atoms with Gasteiger partial charge in [-0.1, -0.05) is 31.0 Å². The number of para-hydroxylation sites is 1. The van der Waals surface area contributed by atoms with Crippen molar-refractivity contribution in [3.05, 3.63) is 36.0 Å². The van der Waals surface area contributed by atoms with Crippen LogP contribution in [0.2, 0.25) is 0 Å². The lowest BCUT2D eigenvalue weighted by atomic mass is 10.0. The molecule has 0 aliphatic carbocycles. The maximum atomic E-state index is 12.6. The number of likely N-dealkylation sites (tertiary alicyclic amines) is 1. The molecular weight excluding hydrogens is 296 g/mol. The van der Waals surface area contributed by atoms with Crippen LogP contribution < -0.4 is 0 Å². The maximum absolute atomic E-state index is 12.6. The third-order valence-electron chi connectivity index (χ3n) is 5.26. The summed E-state index contributed by atoms with van der Waals surface area (Å²) in [6.45, 7) is 6.79. The standard InChI is InChI=1S/C21H30N2O/c1-2-23-17-19(18-11-6-7-12-20(18)23)21(24)13-5-3-8-14-22-15-9-4-10-16-22/h6-7,11-12,17H,2-5,8-10,13-16H2,1H3. The summed E-state index contributed by atoms with van der Waals surface area (Å²) in [6, 6.07) is 8.25. The van der Waals surface area contributed by atoms with Gasteiger partial charge in [-0.25, -0.2) is 0 Å². The second kappa shape index (κ2) is 8.48. The van der Waals surface area contributed by atoms with Gasteiger partial charge in [-0.3, -0.25) is 4.79 Å². The number of carbonyl (C=O) groups is 1. The van der Waals surface area contributed by atoms with E-state index in [4.69, 9.17) is 0 Å². The second-order valence-electron chi connectivity index (χ2n) is 6.98. The first-order valence-electron chi connectivity index (χ1n) is 9.63. The van der Waals surface area contributed by atoms with E-state index in [0.717, 1.165) is 30.3 Å². The SMILES string of the molecule is CCn1cc(C(=O)CCCCCN2CCCCC2)c2ccccc21. The molecule has 0 bridgehead atoms. The van der Waals surface area contributed by atoms with Gasteiger partial charge < -0.3 is 9.47 Å². The van der Waals surface area contributed by atoms with Crippen LogP contribution in [-0.4, -0.2) is 34.9 Å². The van der Waals surface area contributed by atoms with Gasteiger partial charge in [0.05, 0.1) is 0 Å². The van der Waals surface area contributed by atoms with E-state index in [-0.39, 0.29) is 0 Å². The van der Waals surface area contributed by atoms with E-state index < -0.39 is 0 Å². The van der Waals surface area contributed by atoms with Crippen molar-refractivity contribution in [2.75, 3.05) is 19.6 Å². The predicted octanol–water partition coefficient (Wildman–Crippen LogP) is 4.89. The van der Waals surface area contributed by atoms with E-state index in [1.165, 1.54) is 50.8 Å². The molecule has 0 unspecified atom stereocenters. The number of benzene rings is 1. The zero-order chi connectivity index (χ0) is 16.8. The molecule has 24 heavy (non-hydrogen) atoms. The van der Waals surface area contributed by atoms with E-state index in [1.54, 1.807) is 0 Å². The van der Waals surface area contributed by atoms with Crippen molar-refractivity contribution < 1.29 is 4.79 Å². The van der Waals surface area contributed by atoms with E-state index in [2.05, 4.69) is 28.5 Å². The van der Waals surface area contributed by atoms with Crippen LogP contribution >= 0.6 is 0 Å². The van der Waals surface area contributed by atoms with Crippen LogP contribution in [0.3, 0.4) is 0 Å². The number of aryl methyl sites for hydroxylation is 1. The predicted molar refractivity (Wildman–Crippen MR) is 101 cm³/mol. The summed E-state index contributed by atoms with van der Waals surface area (Å²) in [5, 5.41) is 1.11. The quantitative estimate of drug-likeness (QED) is 0.510. The fraction of sp³-hybridized carbons (Fsp3) is 0.571. The van der Waals surface area contributed by atoms with Crippen molar-refractivity contribution >= 4 is 16.7 Å². The summed E-state index contributed by atoms with van der Waals surface area (Å²) in [4.78, 5) is 15.2. The van der Waals surface area contributed by atoms with Crippen LogP contribution in [0.15, 0.2) is 30.5 Å². The molecule has 130 valence electrons. The molecular formula is C21H30N2O. The van der Waals surface area contributed by atoms with Crippen LogP contribution in [0.1, 0.15) is 62.2 Å². The molecule has 1 aliphatic rings. The lowest BCUT2D eigenvalue weighted by molar-refractivity contribution is 0.0980. The summed E-state index contributed by atoms with van der Waals surface area (Å²) < 4.78 is 2.18. The Balaban J connectivity index is 1.48. The van der Waals surface area contributed by atoms with E-state index in [9.17, 15) is 4.79 Å². The number of nitrogens with zero attached hydrogens (tertiary/aromatic N) is 2. The highest BCUT2D eigenvalue weighted by molar-refractivity contribution is 6.08. The molecule has 0 radical (unpaired) electrons. The van der Waals surface area contributed by atoms with Crippen LogP contribution in [0.5, 0.6) is 0 Å². The minimum absolute atomic E-state index is 0.302. The zero-order valence-electron chi connectivity index (χ0n) is 15.0. The topological polar surface area (TPSA) is 25.2 Å². The number of piperidine rings is 1. The number of fused-ring (bicyclic) bond motifs is 1. The van der Waals surface area contributed by atoms with Crippen molar-refractivity contribution in [2.45, 2.75) is 58.4 Å². The molecule has 2 aromatic rings. The van der Waals surface area contributed by atoms with Crippen LogP contribution in [0.25, 0.3) is 10.9 Å². The van der Waals surface area contributed by atoms with Crippen molar-refractivity contribution in [2.24, 2.45) is 0 Å². The molecule has 0 spiro atoms. The Morgan fingerprint density at radius 1 is 1.04 bits per heavy atom. The Hall–Kier alpha value is -1.61. The average Bonchev–Trinajstić information content (AvgIpc) is 3.01. The summed E-state index contributed by atoms with van der Waals surface area (Å²) in [5.41, 5.74) is 2.08. The molecule has 1 aromatic heterocycles. The minimum atomic E-state index is 0.302. The largest absolute Gasteiger partial charge is 0.347 e. The molecule has 3 rings (SSSR count). The molecule has 2 heterocycles. The van der Waals surface area contributed by atoms with Crippen molar-refractivity contribution in [3.8, 4) is 0 Å². The number of hydrogen-bond donors (Lipinski definition) is 0. The van der Waals surface area contributed by atoms with Gasteiger partial charge in [0, 0.05) is 35.6 Å². The lowest BCUT2D eigenvalue weighted by Crippen LogP contribution is -2.30. The van der Waals surface area contributed by atoms with Crippen molar-refractivity contribution in [3.63, 3.8) is 0 Å². The molecule has 1 fully saturated rings. The van der Waals surface area contributed by atoms with Gasteiger partial charge in [0.25, 0.3) is 0 Å². The third-order valence-corrected chi connectivity index (χ3v) is 5.26. The van der Waals surface area contributed by atoms with Gasteiger partial charge in [-0.2, -0.15) is 0 Å². The maximum Gasteiger partial charge on any atom is 0.165 e. The third kappa shape index (κ3) is 4.07. The molecule has 0 atom stereocenters. The van der Waals surface area contributed by atoms with Gasteiger partial charge in [0.2, 0.25) is 0 Å².